The number of halogens is 1. The monoisotopic (exact) mass is 377 g/mol. The van der Waals surface area contributed by atoms with Crippen LogP contribution in [0.1, 0.15) is 29.3 Å². The van der Waals surface area contributed by atoms with Crippen LogP contribution in [-0.2, 0) is 16.0 Å². The summed E-state index contributed by atoms with van der Waals surface area (Å²) < 4.78 is 10.7. The van der Waals surface area contributed by atoms with Crippen molar-refractivity contribution in [1.29, 1.82) is 0 Å². The molecule has 0 bridgehead atoms. The molecule has 1 fully saturated rings. The van der Waals surface area contributed by atoms with Gasteiger partial charge in [-0.05, 0) is 29.3 Å². The third kappa shape index (κ3) is 4.04. The molecule has 3 rings (SSSR count). The molecule has 1 aromatic carbocycles. The summed E-state index contributed by atoms with van der Waals surface area (Å²) in [6.07, 6.45) is -0.324. The molecule has 26 heavy (non-hydrogen) atoms. The highest BCUT2D eigenvalue weighted by Gasteiger charge is 2.36. The Bertz CT molecular complexity index is 780. The van der Waals surface area contributed by atoms with E-state index in [-0.39, 0.29) is 6.42 Å². The molecule has 1 aliphatic rings. The van der Waals surface area contributed by atoms with Gasteiger partial charge in [-0.2, -0.15) is 0 Å². The average molecular weight is 378 g/mol. The first kappa shape index (κ1) is 18.8. The lowest BCUT2D eigenvalue weighted by Gasteiger charge is -2.31. The topological polar surface area (TPSA) is 88.9 Å². The lowest BCUT2D eigenvalue weighted by Crippen LogP contribution is -2.43. The Morgan fingerprint density at radius 2 is 2.15 bits per heavy atom. The number of carbonyl (C=O) groups excluding carboxylic acids is 1. The van der Waals surface area contributed by atoms with Crippen LogP contribution in [0.5, 0.6) is 5.75 Å². The molecule has 0 saturated carbocycles. The predicted octanol–water partition coefficient (Wildman–Crippen LogP) is 2.09. The zero-order chi connectivity index (χ0) is 18.7. The first-order valence-electron chi connectivity index (χ1n) is 8.27. The Morgan fingerprint density at radius 1 is 1.35 bits per heavy atom. The van der Waals surface area contributed by atoms with E-state index in [1.165, 1.54) is 0 Å². The summed E-state index contributed by atoms with van der Waals surface area (Å²) >= 11 is 6.31. The zero-order valence-electron chi connectivity index (χ0n) is 14.3. The van der Waals surface area contributed by atoms with Crippen LogP contribution in [0.3, 0.4) is 0 Å². The van der Waals surface area contributed by atoms with E-state index >= 15 is 0 Å². The molecule has 1 aromatic heterocycles. The van der Waals surface area contributed by atoms with Crippen LogP contribution in [-0.4, -0.2) is 46.9 Å². The molecule has 1 aliphatic heterocycles. The number of carbonyl (C=O) groups is 1. The highest BCUT2D eigenvalue weighted by molar-refractivity contribution is 6.31. The standard InChI is InChI=1S/C19H20ClNO5/c1-25-14-4-3-13(21-9-14)7-12-6-11(2-5-15(12)20)17-8-16(23)19(24)18(10-22)26-17/h2-6,9,16-18,22-23H,7-8,10H2,1H3/t16?,17-,18-/m1/s1. The molecule has 2 N–H and O–H groups in total. The Hall–Kier alpha value is -1.99. The van der Waals surface area contributed by atoms with Crippen molar-refractivity contribution in [2.75, 3.05) is 13.7 Å². The first-order chi connectivity index (χ1) is 12.5. The summed E-state index contributed by atoms with van der Waals surface area (Å²) in [5, 5.41) is 19.8. The number of benzene rings is 1. The maximum atomic E-state index is 11.8. The number of aliphatic hydroxyl groups excluding tert-OH is 2. The van der Waals surface area contributed by atoms with E-state index in [1.54, 1.807) is 25.4 Å². The van der Waals surface area contributed by atoms with E-state index in [0.29, 0.717) is 17.2 Å². The molecule has 1 saturated heterocycles. The molecular weight excluding hydrogens is 358 g/mol. The molecule has 3 atom stereocenters. The third-order valence-corrected chi connectivity index (χ3v) is 4.79. The van der Waals surface area contributed by atoms with Crippen molar-refractivity contribution in [3.05, 3.63) is 58.4 Å². The fraction of sp³-hybridized carbons (Fsp3) is 0.368. The number of aliphatic hydroxyl groups is 2. The van der Waals surface area contributed by atoms with Crippen LogP contribution in [0.4, 0.5) is 0 Å². The average Bonchev–Trinajstić information content (AvgIpc) is 2.66. The molecule has 0 radical (unpaired) electrons. The highest BCUT2D eigenvalue weighted by atomic mass is 35.5. The number of nitrogens with zero attached hydrogens (tertiary/aromatic N) is 1. The molecular formula is C19H20ClNO5. The second-order valence-corrected chi connectivity index (χ2v) is 6.57. The van der Waals surface area contributed by atoms with Crippen molar-refractivity contribution in [3.63, 3.8) is 0 Å². The lowest BCUT2D eigenvalue weighted by atomic mass is 9.93. The maximum absolute atomic E-state index is 11.8. The predicted molar refractivity (Wildman–Crippen MR) is 95.4 cm³/mol. The SMILES string of the molecule is COc1ccc(Cc2cc([C@H]3CC(O)C(=O)[C@@H](CO)O3)ccc2Cl)nc1. The molecule has 7 heteroatoms. The van der Waals surface area contributed by atoms with Gasteiger partial charge in [0, 0.05) is 23.6 Å². The van der Waals surface area contributed by atoms with Crippen LogP contribution >= 0.6 is 11.6 Å². The van der Waals surface area contributed by atoms with Crippen molar-refractivity contribution in [2.24, 2.45) is 0 Å². The fourth-order valence-electron chi connectivity index (χ4n) is 2.96. The van der Waals surface area contributed by atoms with E-state index < -0.39 is 30.7 Å². The van der Waals surface area contributed by atoms with Gasteiger partial charge in [-0.1, -0.05) is 23.7 Å². The van der Waals surface area contributed by atoms with Crippen molar-refractivity contribution in [3.8, 4) is 5.75 Å². The summed E-state index contributed by atoms with van der Waals surface area (Å²) in [7, 11) is 1.58. The molecule has 2 aromatic rings. The van der Waals surface area contributed by atoms with E-state index in [2.05, 4.69) is 4.98 Å². The number of hydrogen-bond donors (Lipinski definition) is 2. The fourth-order valence-corrected chi connectivity index (χ4v) is 3.15. The van der Waals surface area contributed by atoms with Crippen LogP contribution in [0.25, 0.3) is 0 Å². The van der Waals surface area contributed by atoms with Crippen LogP contribution in [0.15, 0.2) is 36.5 Å². The molecule has 138 valence electrons. The lowest BCUT2D eigenvalue weighted by molar-refractivity contribution is -0.161. The minimum atomic E-state index is -1.15. The largest absolute Gasteiger partial charge is 0.495 e. The van der Waals surface area contributed by atoms with Crippen molar-refractivity contribution in [1.82, 2.24) is 4.98 Å². The van der Waals surface area contributed by atoms with E-state index in [1.807, 2.05) is 18.2 Å². The summed E-state index contributed by atoms with van der Waals surface area (Å²) in [6.45, 7) is -0.456. The smallest absolute Gasteiger partial charge is 0.192 e. The van der Waals surface area contributed by atoms with Crippen molar-refractivity contribution >= 4 is 17.4 Å². The van der Waals surface area contributed by atoms with Gasteiger partial charge in [0.2, 0.25) is 0 Å². The first-order valence-corrected chi connectivity index (χ1v) is 8.65. The van der Waals surface area contributed by atoms with Crippen LogP contribution in [0, 0.1) is 0 Å². The number of ketones is 1. The van der Waals surface area contributed by atoms with Crippen LogP contribution < -0.4 is 4.74 Å². The second-order valence-electron chi connectivity index (χ2n) is 6.17. The van der Waals surface area contributed by atoms with Gasteiger partial charge in [0.15, 0.2) is 5.78 Å². The Balaban J connectivity index is 1.81. The van der Waals surface area contributed by atoms with Crippen molar-refractivity contribution < 1.29 is 24.5 Å². The third-order valence-electron chi connectivity index (χ3n) is 4.42. The van der Waals surface area contributed by atoms with Gasteiger partial charge >= 0.3 is 0 Å². The van der Waals surface area contributed by atoms with Gasteiger partial charge in [0.05, 0.1) is 26.0 Å². The Morgan fingerprint density at radius 3 is 2.81 bits per heavy atom. The number of Topliss-reactive ketones (excluding diaryl/α,β-unsaturated/α-hetero) is 1. The number of pyridine rings is 1. The quantitative estimate of drug-likeness (QED) is 0.829. The Labute approximate surface area is 156 Å². The van der Waals surface area contributed by atoms with Gasteiger partial charge in [0.1, 0.15) is 18.0 Å². The van der Waals surface area contributed by atoms with Gasteiger partial charge in [0.25, 0.3) is 0 Å². The van der Waals surface area contributed by atoms with Gasteiger partial charge in [-0.3, -0.25) is 9.78 Å². The second kappa shape index (κ2) is 8.14. The van der Waals surface area contributed by atoms with Crippen LogP contribution in [0.2, 0.25) is 5.02 Å². The van der Waals surface area contributed by atoms with Gasteiger partial charge < -0.3 is 19.7 Å². The zero-order valence-corrected chi connectivity index (χ0v) is 15.0. The number of methoxy groups -OCH3 is 1. The summed E-state index contributed by atoms with van der Waals surface area (Å²) in [6, 6.07) is 9.14. The molecule has 1 unspecified atom stereocenters. The highest BCUT2D eigenvalue weighted by Crippen LogP contribution is 2.32. The minimum Gasteiger partial charge on any atom is -0.495 e. The maximum Gasteiger partial charge on any atom is 0.192 e. The van der Waals surface area contributed by atoms with E-state index in [4.69, 9.17) is 21.1 Å². The summed E-state index contributed by atoms with van der Waals surface area (Å²) in [4.78, 5) is 16.1. The Kier molecular flexibility index (Phi) is 5.88. The van der Waals surface area contributed by atoms with Gasteiger partial charge in [-0.15, -0.1) is 0 Å². The number of ether oxygens (including phenoxy) is 2. The van der Waals surface area contributed by atoms with Crippen molar-refractivity contribution in [2.45, 2.75) is 31.2 Å². The van der Waals surface area contributed by atoms with E-state index in [9.17, 15) is 15.0 Å². The summed E-state index contributed by atoms with van der Waals surface area (Å²) in [5.74, 6) is 0.193. The molecule has 6 nitrogen and oxygen atoms in total. The number of hydrogen-bond acceptors (Lipinski definition) is 6. The molecule has 2 heterocycles. The minimum absolute atomic E-state index is 0.150. The normalized spacial score (nSPS) is 23.1. The van der Waals surface area contributed by atoms with Gasteiger partial charge in [-0.25, -0.2) is 0 Å². The number of rotatable bonds is 5. The molecule has 0 amide bonds. The molecule has 0 aliphatic carbocycles. The molecule has 0 spiro atoms. The van der Waals surface area contributed by atoms with E-state index in [0.717, 1.165) is 16.8 Å². The summed E-state index contributed by atoms with van der Waals surface area (Å²) in [5.41, 5.74) is 2.48. The number of aromatic nitrogens is 1.